The van der Waals surface area contributed by atoms with E-state index in [1.165, 1.54) is 19.1 Å². The Hall–Kier alpha value is -0.860. The monoisotopic (exact) mass is 318 g/mol. The molecule has 4 fully saturated rings. The van der Waals surface area contributed by atoms with Crippen LogP contribution in [0.3, 0.4) is 0 Å². The molecule has 0 heterocycles. The second kappa shape index (κ2) is 4.83. The van der Waals surface area contributed by atoms with E-state index in [1.54, 1.807) is 0 Å². The van der Waals surface area contributed by atoms with Gasteiger partial charge in [0.25, 0.3) is 0 Å². The number of carbonyl (C=O) groups is 2. The Kier molecular flexibility index (Phi) is 3.29. The summed E-state index contributed by atoms with van der Waals surface area (Å²) < 4.78 is 0. The number of carbonyl (C=O) groups excluding carboxylic acids is 1. The van der Waals surface area contributed by atoms with E-state index in [2.05, 4.69) is 13.8 Å². The molecule has 3 nitrogen and oxygen atoms in total. The number of carboxylic acids is 1. The Balaban J connectivity index is 1.71. The maximum absolute atomic E-state index is 11.9. The molecule has 0 aromatic carbocycles. The first-order chi connectivity index (χ1) is 10.8. The second-order valence-electron chi connectivity index (χ2n) is 9.68. The van der Waals surface area contributed by atoms with Crippen LogP contribution in [0.25, 0.3) is 0 Å². The van der Waals surface area contributed by atoms with Crippen molar-refractivity contribution in [2.75, 3.05) is 0 Å². The van der Waals surface area contributed by atoms with Gasteiger partial charge in [0, 0.05) is 5.41 Å². The van der Waals surface area contributed by atoms with Gasteiger partial charge in [0.1, 0.15) is 6.29 Å². The minimum atomic E-state index is -0.568. The third-order valence-corrected chi connectivity index (χ3v) is 8.77. The Labute approximate surface area is 139 Å². The number of fused-ring (bicyclic) bond motifs is 3. The minimum absolute atomic E-state index is 0.110. The third kappa shape index (κ3) is 1.94. The highest BCUT2D eigenvalue weighted by molar-refractivity contribution is 5.71. The van der Waals surface area contributed by atoms with Gasteiger partial charge in [0.05, 0.1) is 5.92 Å². The molecule has 1 N–H and O–H groups in total. The van der Waals surface area contributed by atoms with E-state index >= 15 is 0 Å². The molecule has 0 aliphatic heterocycles. The standard InChI is InChI=1S/C20H30O3/c1-18(12-21)7-3-8-19(2)15(18)6-9-20-10-13(4-5-16(19)20)14(11-20)17(22)23/h12-16H,3-11H2,1-2H3,(H,22,23)/t13-,14-,15-,16+,18+,19-,20+/m1/s1. The molecular weight excluding hydrogens is 288 g/mol. The summed E-state index contributed by atoms with van der Waals surface area (Å²) in [6, 6.07) is 0. The van der Waals surface area contributed by atoms with Crippen LogP contribution in [0, 0.1) is 39.9 Å². The van der Waals surface area contributed by atoms with Crippen molar-refractivity contribution in [1.82, 2.24) is 0 Å². The van der Waals surface area contributed by atoms with E-state index in [4.69, 9.17) is 0 Å². The number of aldehydes is 1. The maximum atomic E-state index is 11.9. The lowest BCUT2D eigenvalue weighted by Crippen LogP contribution is -2.56. The molecule has 4 saturated carbocycles. The zero-order valence-corrected chi connectivity index (χ0v) is 14.5. The molecule has 128 valence electrons. The van der Waals surface area contributed by atoms with Crippen molar-refractivity contribution in [3.05, 3.63) is 0 Å². The fourth-order valence-corrected chi connectivity index (χ4v) is 7.92. The van der Waals surface area contributed by atoms with Gasteiger partial charge in [-0.25, -0.2) is 0 Å². The predicted molar refractivity (Wildman–Crippen MR) is 87.9 cm³/mol. The Morgan fingerprint density at radius 3 is 2.52 bits per heavy atom. The van der Waals surface area contributed by atoms with Crippen LogP contribution in [0.4, 0.5) is 0 Å². The van der Waals surface area contributed by atoms with Crippen LogP contribution in [0.5, 0.6) is 0 Å². The van der Waals surface area contributed by atoms with E-state index in [0.717, 1.165) is 44.9 Å². The van der Waals surface area contributed by atoms with E-state index in [9.17, 15) is 14.7 Å². The van der Waals surface area contributed by atoms with Crippen LogP contribution in [0.15, 0.2) is 0 Å². The van der Waals surface area contributed by atoms with Crippen molar-refractivity contribution in [1.29, 1.82) is 0 Å². The summed E-state index contributed by atoms with van der Waals surface area (Å²) in [5, 5.41) is 9.62. The number of rotatable bonds is 2. The van der Waals surface area contributed by atoms with Gasteiger partial charge in [0.2, 0.25) is 0 Å². The Morgan fingerprint density at radius 1 is 1.04 bits per heavy atom. The van der Waals surface area contributed by atoms with Gasteiger partial charge in [-0.3, -0.25) is 4.79 Å². The number of hydrogen-bond acceptors (Lipinski definition) is 2. The number of hydrogen-bond donors (Lipinski definition) is 1. The average molecular weight is 318 g/mol. The molecule has 4 aliphatic rings. The first-order valence-electron chi connectivity index (χ1n) is 9.54. The number of carboxylic acid groups (broad SMARTS) is 1. The molecule has 7 atom stereocenters. The molecule has 2 bridgehead atoms. The van der Waals surface area contributed by atoms with Crippen LogP contribution in [-0.2, 0) is 9.59 Å². The van der Waals surface area contributed by atoms with Crippen LogP contribution < -0.4 is 0 Å². The van der Waals surface area contributed by atoms with Gasteiger partial charge in [-0.1, -0.05) is 20.3 Å². The highest BCUT2D eigenvalue weighted by atomic mass is 16.4. The lowest BCUT2D eigenvalue weighted by molar-refractivity contribution is -0.157. The molecule has 4 aliphatic carbocycles. The van der Waals surface area contributed by atoms with E-state index in [-0.39, 0.29) is 22.2 Å². The molecule has 0 radical (unpaired) electrons. The SMILES string of the molecule is C[C@@]12CCC[C@@](C)(C=O)[C@H]1CC[C@@]13C[C@@H](CC[C@H]12)[C@H](C(=O)O)C3. The fraction of sp³-hybridized carbons (Fsp3) is 0.900. The molecular formula is C20H30O3. The van der Waals surface area contributed by atoms with Crippen LogP contribution in [0.2, 0.25) is 0 Å². The van der Waals surface area contributed by atoms with Gasteiger partial charge < -0.3 is 9.90 Å². The highest BCUT2D eigenvalue weighted by Gasteiger charge is 2.65. The van der Waals surface area contributed by atoms with Crippen LogP contribution in [-0.4, -0.2) is 17.4 Å². The molecule has 0 amide bonds. The number of aliphatic carboxylic acids is 1. The van der Waals surface area contributed by atoms with Gasteiger partial charge in [0.15, 0.2) is 0 Å². The lowest BCUT2D eigenvalue weighted by Gasteiger charge is -2.63. The summed E-state index contributed by atoms with van der Waals surface area (Å²) in [6.07, 6.45) is 11.3. The molecule has 1 spiro atoms. The lowest BCUT2D eigenvalue weighted by atomic mass is 9.41. The quantitative estimate of drug-likeness (QED) is 0.772. The van der Waals surface area contributed by atoms with Crippen LogP contribution >= 0.6 is 0 Å². The third-order valence-electron chi connectivity index (χ3n) is 8.77. The fourth-order valence-electron chi connectivity index (χ4n) is 7.92. The molecule has 3 heteroatoms. The first kappa shape index (κ1) is 15.7. The zero-order valence-electron chi connectivity index (χ0n) is 14.5. The smallest absolute Gasteiger partial charge is 0.306 e. The van der Waals surface area contributed by atoms with Gasteiger partial charge in [-0.05, 0) is 80.0 Å². The molecule has 0 aromatic rings. The summed E-state index contributed by atoms with van der Waals surface area (Å²) in [5.74, 6) is 0.860. The average Bonchev–Trinajstić information content (AvgIpc) is 2.78. The largest absolute Gasteiger partial charge is 0.481 e. The first-order valence-corrected chi connectivity index (χ1v) is 9.54. The molecule has 4 rings (SSSR count). The summed E-state index contributed by atoms with van der Waals surface area (Å²) in [7, 11) is 0. The topological polar surface area (TPSA) is 54.4 Å². The normalized spacial score (nSPS) is 54.9. The van der Waals surface area contributed by atoms with Crippen molar-refractivity contribution in [2.24, 2.45) is 39.9 Å². The molecule has 0 unspecified atom stereocenters. The maximum Gasteiger partial charge on any atom is 0.306 e. The highest BCUT2D eigenvalue weighted by Crippen LogP contribution is 2.72. The minimum Gasteiger partial charge on any atom is -0.481 e. The van der Waals surface area contributed by atoms with Crippen molar-refractivity contribution in [2.45, 2.75) is 71.6 Å². The molecule has 0 aromatic heterocycles. The Bertz CT molecular complexity index is 543. The van der Waals surface area contributed by atoms with Crippen molar-refractivity contribution in [3.8, 4) is 0 Å². The van der Waals surface area contributed by atoms with Crippen molar-refractivity contribution < 1.29 is 14.7 Å². The summed E-state index contributed by atoms with van der Waals surface area (Å²) >= 11 is 0. The predicted octanol–water partition coefficient (Wildman–Crippen LogP) is 4.30. The zero-order chi connectivity index (χ0) is 16.5. The summed E-state index contributed by atoms with van der Waals surface area (Å²) in [6.45, 7) is 4.62. The molecule has 23 heavy (non-hydrogen) atoms. The van der Waals surface area contributed by atoms with Gasteiger partial charge in [-0.2, -0.15) is 0 Å². The van der Waals surface area contributed by atoms with Crippen LogP contribution in [0.1, 0.15) is 71.6 Å². The summed E-state index contributed by atoms with van der Waals surface area (Å²) in [5.41, 5.74) is 0.346. The van der Waals surface area contributed by atoms with Crippen molar-refractivity contribution >= 4 is 12.3 Å². The van der Waals surface area contributed by atoms with E-state index < -0.39 is 5.97 Å². The van der Waals surface area contributed by atoms with Gasteiger partial charge in [-0.15, -0.1) is 0 Å². The summed E-state index contributed by atoms with van der Waals surface area (Å²) in [4.78, 5) is 23.5. The van der Waals surface area contributed by atoms with Gasteiger partial charge >= 0.3 is 5.97 Å². The molecule has 0 saturated heterocycles. The second-order valence-corrected chi connectivity index (χ2v) is 9.68. The van der Waals surface area contributed by atoms with Crippen molar-refractivity contribution in [3.63, 3.8) is 0 Å². The van der Waals surface area contributed by atoms with E-state index in [0.29, 0.717) is 17.8 Å². The Morgan fingerprint density at radius 2 is 1.83 bits per heavy atom. The van der Waals surface area contributed by atoms with E-state index in [1.807, 2.05) is 0 Å².